The molecule has 0 amide bonds. The molecule has 2 aromatic rings. The summed E-state index contributed by atoms with van der Waals surface area (Å²) in [4.78, 5) is 0. The van der Waals surface area contributed by atoms with Gasteiger partial charge in [-0.25, -0.2) is 4.39 Å². The third-order valence-corrected chi connectivity index (χ3v) is 4.71. The van der Waals surface area contributed by atoms with Gasteiger partial charge in [0.15, 0.2) is 0 Å². The number of aryl methyl sites for hydroxylation is 1. The molecule has 0 saturated heterocycles. The van der Waals surface area contributed by atoms with Crippen LogP contribution < -0.4 is 0 Å². The zero-order valence-electron chi connectivity index (χ0n) is 14.4. The third kappa shape index (κ3) is 4.37. The van der Waals surface area contributed by atoms with Crippen molar-refractivity contribution in [2.24, 2.45) is 0 Å². The quantitative estimate of drug-likeness (QED) is 0.822. The molecule has 2 aromatic carbocycles. The largest absolute Gasteiger partial charge is 0.497 e. The summed E-state index contributed by atoms with van der Waals surface area (Å²) in [5.74, 6) is 0.625. The summed E-state index contributed by atoms with van der Waals surface area (Å²) in [7, 11) is 1.63. The van der Waals surface area contributed by atoms with Gasteiger partial charge in [0, 0.05) is 11.5 Å². The van der Waals surface area contributed by atoms with E-state index in [1.54, 1.807) is 19.2 Å². The van der Waals surface area contributed by atoms with Crippen LogP contribution >= 0.6 is 0 Å². The predicted octanol–water partition coefficient (Wildman–Crippen LogP) is 4.76. The molecular weight excluding hydrogens is 315 g/mol. The highest BCUT2D eigenvalue weighted by molar-refractivity contribution is 5.36. The summed E-state index contributed by atoms with van der Waals surface area (Å²) in [6.45, 7) is 0. The van der Waals surface area contributed by atoms with Crippen molar-refractivity contribution >= 4 is 0 Å². The molecule has 0 fully saturated rings. The van der Waals surface area contributed by atoms with Gasteiger partial charge in [-0.1, -0.05) is 48.5 Å². The van der Waals surface area contributed by atoms with Crippen molar-refractivity contribution in [3.8, 4) is 0 Å². The summed E-state index contributed by atoms with van der Waals surface area (Å²) in [5.41, 5.74) is 3.17. The fourth-order valence-electron chi connectivity index (χ4n) is 3.28. The van der Waals surface area contributed by atoms with Crippen molar-refractivity contribution in [3.05, 3.63) is 95.0 Å². The van der Waals surface area contributed by atoms with Gasteiger partial charge in [-0.2, -0.15) is 0 Å². The van der Waals surface area contributed by atoms with E-state index in [0.29, 0.717) is 12.8 Å². The van der Waals surface area contributed by atoms with Crippen molar-refractivity contribution in [1.29, 1.82) is 0 Å². The highest BCUT2D eigenvalue weighted by Gasteiger charge is 2.23. The van der Waals surface area contributed by atoms with E-state index in [9.17, 15) is 9.50 Å². The lowest BCUT2D eigenvalue weighted by molar-refractivity contribution is 0.182. The fourth-order valence-corrected chi connectivity index (χ4v) is 3.28. The first-order chi connectivity index (χ1) is 12.2. The number of aliphatic hydroxyl groups is 1. The van der Waals surface area contributed by atoms with Crippen LogP contribution in [0.25, 0.3) is 0 Å². The highest BCUT2D eigenvalue weighted by Crippen LogP contribution is 2.34. The van der Waals surface area contributed by atoms with Crippen LogP contribution in [0.2, 0.25) is 0 Å². The molecule has 130 valence electrons. The maximum atomic E-state index is 13.1. The molecule has 1 aliphatic rings. The molecule has 25 heavy (non-hydrogen) atoms. The van der Waals surface area contributed by atoms with Crippen LogP contribution in [0, 0.1) is 5.82 Å². The molecular formula is C22H23FO2. The molecule has 1 N–H and O–H groups in total. The molecule has 0 aromatic heterocycles. The molecule has 2 atom stereocenters. The number of hydrogen-bond donors (Lipinski definition) is 1. The number of rotatable bonds is 6. The van der Waals surface area contributed by atoms with E-state index in [-0.39, 0.29) is 11.7 Å². The average Bonchev–Trinajstić information content (AvgIpc) is 2.67. The van der Waals surface area contributed by atoms with Crippen LogP contribution in [-0.2, 0) is 11.2 Å². The maximum absolute atomic E-state index is 13.1. The van der Waals surface area contributed by atoms with Gasteiger partial charge in [-0.3, -0.25) is 0 Å². The molecule has 3 heteroatoms. The Morgan fingerprint density at radius 3 is 2.52 bits per heavy atom. The number of aliphatic hydroxyl groups excluding tert-OH is 1. The minimum Gasteiger partial charge on any atom is -0.497 e. The van der Waals surface area contributed by atoms with Crippen molar-refractivity contribution in [1.82, 2.24) is 0 Å². The van der Waals surface area contributed by atoms with Gasteiger partial charge >= 0.3 is 0 Å². The monoisotopic (exact) mass is 338 g/mol. The van der Waals surface area contributed by atoms with Gasteiger partial charge in [0.1, 0.15) is 11.6 Å². The average molecular weight is 338 g/mol. The van der Waals surface area contributed by atoms with Crippen LogP contribution in [0.15, 0.2) is 78.1 Å². The number of benzene rings is 2. The summed E-state index contributed by atoms with van der Waals surface area (Å²) in [5, 5.41) is 10.7. The van der Waals surface area contributed by atoms with Crippen LogP contribution in [0.4, 0.5) is 4.39 Å². The molecule has 0 bridgehead atoms. The summed E-state index contributed by atoms with van der Waals surface area (Å²) >= 11 is 0. The minimum absolute atomic E-state index is 0.126. The number of halogens is 1. The van der Waals surface area contributed by atoms with Gasteiger partial charge in [-0.15, -0.1) is 0 Å². The molecule has 2 unspecified atom stereocenters. The first-order valence-electron chi connectivity index (χ1n) is 8.60. The lowest BCUT2D eigenvalue weighted by atomic mass is 9.84. The second-order valence-corrected chi connectivity index (χ2v) is 6.35. The van der Waals surface area contributed by atoms with E-state index in [1.807, 2.05) is 24.3 Å². The number of hydrogen-bond acceptors (Lipinski definition) is 2. The third-order valence-electron chi connectivity index (χ3n) is 4.71. The standard InChI is InChI=1S/C22H23FO2/c1-25-22-14-10-18(17-8-11-19(23)12-9-17)15-20(22)21(24)13-7-16-5-3-2-4-6-16/h2-6,8-12,14,18,21,24H,7,13,15H2,1H3. The van der Waals surface area contributed by atoms with E-state index in [1.165, 1.54) is 17.7 Å². The van der Waals surface area contributed by atoms with Crippen LogP contribution in [0.3, 0.4) is 0 Å². The van der Waals surface area contributed by atoms with E-state index in [0.717, 1.165) is 23.3 Å². The second kappa shape index (κ2) is 8.13. The Hall–Kier alpha value is -2.39. The first-order valence-corrected chi connectivity index (χ1v) is 8.60. The second-order valence-electron chi connectivity index (χ2n) is 6.35. The molecule has 3 rings (SSSR count). The van der Waals surface area contributed by atoms with Crippen molar-refractivity contribution in [2.45, 2.75) is 31.3 Å². The Bertz CT molecular complexity index is 747. The normalized spacial score (nSPS) is 18.3. The molecule has 2 nitrogen and oxygen atoms in total. The summed E-state index contributed by atoms with van der Waals surface area (Å²) in [6, 6.07) is 16.7. The number of methoxy groups -OCH3 is 1. The first kappa shape index (κ1) is 17.4. The minimum atomic E-state index is -0.553. The Kier molecular flexibility index (Phi) is 5.67. The lowest BCUT2D eigenvalue weighted by Gasteiger charge is -2.25. The Labute approximate surface area is 148 Å². The SMILES string of the molecule is COC1=C(C(O)CCc2ccccc2)CC(c2ccc(F)cc2)C=C1. The Morgan fingerprint density at radius 2 is 1.84 bits per heavy atom. The van der Waals surface area contributed by atoms with Gasteiger partial charge in [0.2, 0.25) is 0 Å². The Balaban J connectivity index is 1.71. The Morgan fingerprint density at radius 1 is 1.12 bits per heavy atom. The van der Waals surface area contributed by atoms with Crippen LogP contribution in [-0.4, -0.2) is 18.3 Å². The van der Waals surface area contributed by atoms with E-state index in [2.05, 4.69) is 18.2 Å². The zero-order chi connectivity index (χ0) is 17.6. The van der Waals surface area contributed by atoms with Crippen LogP contribution in [0.1, 0.15) is 29.9 Å². The van der Waals surface area contributed by atoms with Crippen molar-refractivity contribution in [2.75, 3.05) is 7.11 Å². The maximum Gasteiger partial charge on any atom is 0.123 e. The smallest absolute Gasteiger partial charge is 0.123 e. The lowest BCUT2D eigenvalue weighted by Crippen LogP contribution is -2.18. The summed E-state index contributed by atoms with van der Waals surface area (Å²) in [6.07, 6.45) is 5.56. The van der Waals surface area contributed by atoms with E-state index in [4.69, 9.17) is 4.74 Å². The highest BCUT2D eigenvalue weighted by atomic mass is 19.1. The predicted molar refractivity (Wildman–Crippen MR) is 97.7 cm³/mol. The van der Waals surface area contributed by atoms with Gasteiger partial charge in [-0.05, 0) is 48.6 Å². The number of allylic oxidation sites excluding steroid dienone is 2. The fraction of sp³-hybridized carbons (Fsp3) is 0.273. The van der Waals surface area contributed by atoms with E-state index >= 15 is 0 Å². The molecule has 0 saturated carbocycles. The zero-order valence-corrected chi connectivity index (χ0v) is 14.4. The van der Waals surface area contributed by atoms with Crippen LogP contribution in [0.5, 0.6) is 0 Å². The van der Waals surface area contributed by atoms with Gasteiger partial charge < -0.3 is 9.84 Å². The summed E-state index contributed by atoms with van der Waals surface area (Å²) < 4.78 is 18.6. The van der Waals surface area contributed by atoms with E-state index < -0.39 is 6.10 Å². The van der Waals surface area contributed by atoms with Gasteiger partial charge in [0.25, 0.3) is 0 Å². The van der Waals surface area contributed by atoms with Gasteiger partial charge in [0.05, 0.1) is 13.2 Å². The van der Waals surface area contributed by atoms with Crippen molar-refractivity contribution in [3.63, 3.8) is 0 Å². The number of ether oxygens (including phenoxy) is 1. The molecule has 0 aliphatic heterocycles. The molecule has 0 radical (unpaired) electrons. The van der Waals surface area contributed by atoms with Crippen molar-refractivity contribution < 1.29 is 14.2 Å². The molecule has 0 spiro atoms. The molecule has 0 heterocycles. The topological polar surface area (TPSA) is 29.5 Å². The molecule has 1 aliphatic carbocycles.